The minimum atomic E-state index is -0.271. The number of rotatable bonds is 6. The first-order valence-corrected chi connectivity index (χ1v) is 8.56. The first kappa shape index (κ1) is 17.7. The quantitative estimate of drug-likeness (QED) is 0.741. The molecule has 1 amide bonds. The highest BCUT2D eigenvalue weighted by molar-refractivity contribution is 5.91. The molecule has 1 aromatic heterocycles. The van der Waals surface area contributed by atoms with Crippen molar-refractivity contribution in [3.63, 3.8) is 0 Å². The van der Waals surface area contributed by atoms with Gasteiger partial charge in [0.25, 0.3) is 5.91 Å². The van der Waals surface area contributed by atoms with Crippen LogP contribution in [-0.2, 0) is 6.54 Å². The number of hydrogen-bond donors (Lipinski definition) is 1. The first-order valence-electron chi connectivity index (χ1n) is 8.56. The average Bonchev–Trinajstić information content (AvgIpc) is 3.10. The van der Waals surface area contributed by atoms with Crippen LogP contribution in [0.3, 0.4) is 0 Å². The third-order valence-electron chi connectivity index (χ3n) is 3.91. The molecule has 26 heavy (non-hydrogen) atoms. The predicted molar refractivity (Wildman–Crippen MR) is 99.6 cm³/mol. The Bertz CT molecular complexity index is 897. The van der Waals surface area contributed by atoms with Crippen molar-refractivity contribution in [3.8, 4) is 11.4 Å². The topological polar surface area (TPSA) is 69.0 Å². The fraction of sp³-hybridized carbons (Fsp3) is 0.250. The molecule has 0 atom stereocenters. The highest BCUT2D eigenvalue weighted by atomic mass is 16.5. The van der Waals surface area contributed by atoms with Gasteiger partial charge in [-0.3, -0.25) is 4.79 Å². The largest absolute Gasteiger partial charge is 0.494 e. The fourth-order valence-corrected chi connectivity index (χ4v) is 2.79. The van der Waals surface area contributed by atoms with Gasteiger partial charge in [0.15, 0.2) is 5.69 Å². The van der Waals surface area contributed by atoms with E-state index in [4.69, 9.17) is 4.74 Å². The first-order chi connectivity index (χ1) is 12.6. The maximum absolute atomic E-state index is 12.4. The molecule has 134 valence electrons. The number of hydrogen-bond acceptors (Lipinski definition) is 4. The second kappa shape index (κ2) is 7.82. The standard InChI is InChI=1S/C20H22N4O2/c1-4-26-19-8-6-5-7-16(19)12-21-20(25)18-13-24(23-22-18)17-10-14(2)9-15(3)11-17/h5-11,13H,4,12H2,1-3H3,(H,21,25). The Labute approximate surface area is 152 Å². The summed E-state index contributed by atoms with van der Waals surface area (Å²) >= 11 is 0. The maximum atomic E-state index is 12.4. The SMILES string of the molecule is CCOc1ccccc1CNC(=O)c1cn(-c2cc(C)cc(C)c2)nn1. The summed E-state index contributed by atoms with van der Waals surface area (Å²) in [5.41, 5.74) is 4.35. The lowest BCUT2D eigenvalue weighted by atomic mass is 10.1. The molecule has 2 aromatic carbocycles. The van der Waals surface area contributed by atoms with E-state index >= 15 is 0 Å². The molecule has 6 heteroatoms. The average molecular weight is 350 g/mol. The summed E-state index contributed by atoms with van der Waals surface area (Å²) in [5, 5.41) is 10.9. The van der Waals surface area contributed by atoms with Gasteiger partial charge in [0.1, 0.15) is 5.75 Å². The van der Waals surface area contributed by atoms with Crippen LogP contribution in [0.4, 0.5) is 0 Å². The molecule has 0 aliphatic heterocycles. The Morgan fingerprint density at radius 2 is 1.88 bits per heavy atom. The number of aromatic nitrogens is 3. The van der Waals surface area contributed by atoms with Crippen molar-refractivity contribution in [3.05, 3.63) is 71.0 Å². The summed E-state index contributed by atoms with van der Waals surface area (Å²) in [5.74, 6) is 0.501. The Balaban J connectivity index is 1.71. The fourth-order valence-electron chi connectivity index (χ4n) is 2.79. The zero-order valence-electron chi connectivity index (χ0n) is 15.2. The Morgan fingerprint density at radius 3 is 2.62 bits per heavy atom. The van der Waals surface area contributed by atoms with Crippen molar-refractivity contribution >= 4 is 5.91 Å². The smallest absolute Gasteiger partial charge is 0.273 e. The number of nitrogens with one attached hydrogen (secondary N) is 1. The molecule has 0 saturated carbocycles. The summed E-state index contributed by atoms with van der Waals surface area (Å²) in [6, 6.07) is 13.7. The lowest BCUT2D eigenvalue weighted by Gasteiger charge is -2.10. The van der Waals surface area contributed by atoms with E-state index in [-0.39, 0.29) is 11.6 Å². The molecule has 0 saturated heterocycles. The number of benzene rings is 2. The van der Waals surface area contributed by atoms with E-state index in [1.54, 1.807) is 10.9 Å². The maximum Gasteiger partial charge on any atom is 0.273 e. The van der Waals surface area contributed by atoms with Crippen molar-refractivity contribution in [2.45, 2.75) is 27.3 Å². The van der Waals surface area contributed by atoms with Crippen LogP contribution in [0.15, 0.2) is 48.7 Å². The minimum absolute atomic E-state index is 0.271. The number of ether oxygens (including phenoxy) is 1. The molecule has 0 unspecified atom stereocenters. The van der Waals surface area contributed by atoms with Crippen molar-refractivity contribution < 1.29 is 9.53 Å². The predicted octanol–water partition coefficient (Wildman–Crippen LogP) is 3.21. The van der Waals surface area contributed by atoms with Gasteiger partial charge in [0.2, 0.25) is 0 Å². The van der Waals surface area contributed by atoms with Crippen LogP contribution in [0.1, 0.15) is 34.1 Å². The van der Waals surface area contributed by atoms with Gasteiger partial charge in [-0.2, -0.15) is 0 Å². The summed E-state index contributed by atoms with van der Waals surface area (Å²) < 4.78 is 7.19. The lowest BCUT2D eigenvalue weighted by molar-refractivity contribution is 0.0945. The second-order valence-corrected chi connectivity index (χ2v) is 6.12. The molecule has 0 spiro atoms. The second-order valence-electron chi connectivity index (χ2n) is 6.12. The highest BCUT2D eigenvalue weighted by Crippen LogP contribution is 2.18. The molecule has 0 fully saturated rings. The van der Waals surface area contributed by atoms with Crippen molar-refractivity contribution in [1.29, 1.82) is 0 Å². The summed E-state index contributed by atoms with van der Waals surface area (Å²) in [6.07, 6.45) is 1.64. The molecular formula is C20H22N4O2. The monoisotopic (exact) mass is 350 g/mol. The zero-order valence-corrected chi connectivity index (χ0v) is 15.2. The van der Waals surface area contributed by atoms with E-state index in [0.29, 0.717) is 13.2 Å². The summed E-state index contributed by atoms with van der Waals surface area (Å²) in [7, 11) is 0. The molecule has 3 aromatic rings. The Hall–Kier alpha value is -3.15. The van der Waals surface area contributed by atoms with Crippen LogP contribution in [0, 0.1) is 13.8 Å². The molecule has 6 nitrogen and oxygen atoms in total. The van der Waals surface area contributed by atoms with Crippen LogP contribution >= 0.6 is 0 Å². The number of para-hydroxylation sites is 1. The molecule has 0 aliphatic rings. The van der Waals surface area contributed by atoms with E-state index in [0.717, 1.165) is 28.1 Å². The van der Waals surface area contributed by atoms with Crippen LogP contribution in [-0.4, -0.2) is 27.5 Å². The Morgan fingerprint density at radius 1 is 1.15 bits per heavy atom. The van der Waals surface area contributed by atoms with E-state index in [1.165, 1.54) is 0 Å². The normalized spacial score (nSPS) is 10.6. The van der Waals surface area contributed by atoms with Gasteiger partial charge in [-0.25, -0.2) is 4.68 Å². The van der Waals surface area contributed by atoms with Crippen molar-refractivity contribution in [2.75, 3.05) is 6.61 Å². The van der Waals surface area contributed by atoms with Crippen LogP contribution in [0.25, 0.3) is 5.69 Å². The van der Waals surface area contributed by atoms with Gasteiger partial charge in [0.05, 0.1) is 18.5 Å². The molecule has 0 radical (unpaired) electrons. The van der Waals surface area contributed by atoms with E-state index in [9.17, 15) is 4.79 Å². The molecule has 3 rings (SSSR count). The Kier molecular flexibility index (Phi) is 5.31. The van der Waals surface area contributed by atoms with Crippen LogP contribution < -0.4 is 10.1 Å². The number of aryl methyl sites for hydroxylation is 2. The zero-order chi connectivity index (χ0) is 18.5. The van der Waals surface area contributed by atoms with Crippen molar-refractivity contribution in [2.24, 2.45) is 0 Å². The number of nitrogens with zero attached hydrogens (tertiary/aromatic N) is 3. The molecule has 1 heterocycles. The number of carbonyl (C=O) groups is 1. The van der Waals surface area contributed by atoms with Crippen LogP contribution in [0.5, 0.6) is 5.75 Å². The van der Waals surface area contributed by atoms with E-state index < -0.39 is 0 Å². The minimum Gasteiger partial charge on any atom is -0.494 e. The molecular weight excluding hydrogens is 328 g/mol. The van der Waals surface area contributed by atoms with Gasteiger partial charge in [0, 0.05) is 12.1 Å². The van der Waals surface area contributed by atoms with E-state index in [2.05, 4.69) is 21.7 Å². The number of carbonyl (C=O) groups excluding carboxylic acids is 1. The van der Waals surface area contributed by atoms with Gasteiger partial charge in [-0.15, -0.1) is 5.10 Å². The summed E-state index contributed by atoms with van der Waals surface area (Å²) in [6.45, 7) is 6.93. The highest BCUT2D eigenvalue weighted by Gasteiger charge is 2.13. The van der Waals surface area contributed by atoms with Crippen LogP contribution in [0.2, 0.25) is 0 Å². The summed E-state index contributed by atoms with van der Waals surface area (Å²) in [4.78, 5) is 12.4. The number of amides is 1. The molecule has 0 bridgehead atoms. The third-order valence-corrected chi connectivity index (χ3v) is 3.91. The van der Waals surface area contributed by atoms with Gasteiger partial charge in [-0.1, -0.05) is 29.5 Å². The molecule has 0 aliphatic carbocycles. The lowest BCUT2D eigenvalue weighted by Crippen LogP contribution is -2.23. The third kappa shape index (κ3) is 4.08. The van der Waals surface area contributed by atoms with Crippen molar-refractivity contribution in [1.82, 2.24) is 20.3 Å². The van der Waals surface area contributed by atoms with Gasteiger partial charge < -0.3 is 10.1 Å². The van der Waals surface area contributed by atoms with Gasteiger partial charge >= 0.3 is 0 Å². The van der Waals surface area contributed by atoms with E-state index in [1.807, 2.05) is 57.2 Å². The van der Waals surface area contributed by atoms with Gasteiger partial charge in [-0.05, 0) is 50.1 Å². The molecule has 1 N–H and O–H groups in total.